The largest absolute Gasteiger partial charge is 0.478 e. The van der Waals surface area contributed by atoms with Crippen LogP contribution in [-0.2, 0) is 11.3 Å². The molecule has 1 amide bonds. The molecule has 0 saturated heterocycles. The normalized spacial score (nSPS) is 15.7. The molecule has 1 aliphatic carbocycles. The minimum absolute atomic E-state index is 0.184. The van der Waals surface area contributed by atoms with Crippen molar-refractivity contribution < 1.29 is 14.7 Å². The van der Waals surface area contributed by atoms with E-state index in [1.165, 1.54) is 32.1 Å². The third kappa shape index (κ3) is 4.59. The van der Waals surface area contributed by atoms with Gasteiger partial charge in [0.25, 0.3) is 0 Å². The van der Waals surface area contributed by atoms with Crippen molar-refractivity contribution in [3.63, 3.8) is 0 Å². The van der Waals surface area contributed by atoms with Crippen molar-refractivity contribution in [2.24, 2.45) is 5.92 Å². The summed E-state index contributed by atoms with van der Waals surface area (Å²) in [5.74, 6) is -0.199. The van der Waals surface area contributed by atoms with Crippen LogP contribution in [-0.4, -0.2) is 28.9 Å². The van der Waals surface area contributed by atoms with Gasteiger partial charge in [-0.25, -0.2) is 4.79 Å². The first-order valence-corrected chi connectivity index (χ1v) is 7.62. The van der Waals surface area contributed by atoms with Crippen LogP contribution in [0.25, 0.3) is 0 Å². The molecule has 2 rings (SSSR count). The molecule has 114 valence electrons. The molecule has 4 nitrogen and oxygen atoms in total. The molecule has 1 N–H and O–H groups in total. The van der Waals surface area contributed by atoms with Crippen molar-refractivity contribution in [3.05, 3.63) is 35.4 Å². The van der Waals surface area contributed by atoms with Crippen LogP contribution in [0.3, 0.4) is 0 Å². The molecule has 0 heterocycles. The molecule has 0 aromatic heterocycles. The fraction of sp³-hybridized carbons (Fsp3) is 0.529. The van der Waals surface area contributed by atoms with Crippen LogP contribution in [0.5, 0.6) is 0 Å². The molecule has 1 fully saturated rings. The number of carbonyl (C=O) groups is 2. The van der Waals surface area contributed by atoms with Crippen molar-refractivity contribution in [3.8, 4) is 0 Å². The molecular weight excluding hydrogens is 266 g/mol. The zero-order valence-electron chi connectivity index (χ0n) is 12.5. The number of benzene rings is 1. The minimum atomic E-state index is -0.928. The van der Waals surface area contributed by atoms with Crippen molar-refractivity contribution in [1.29, 1.82) is 0 Å². The molecular formula is C17H23NO3. The van der Waals surface area contributed by atoms with Gasteiger partial charge in [0.1, 0.15) is 0 Å². The Hall–Kier alpha value is -1.84. The molecule has 1 aromatic rings. The van der Waals surface area contributed by atoms with E-state index in [9.17, 15) is 9.59 Å². The lowest BCUT2D eigenvalue weighted by molar-refractivity contribution is -0.131. The van der Waals surface area contributed by atoms with E-state index in [2.05, 4.69) is 0 Å². The molecule has 1 aliphatic rings. The van der Waals surface area contributed by atoms with Crippen molar-refractivity contribution in [2.75, 3.05) is 7.05 Å². The van der Waals surface area contributed by atoms with E-state index in [1.807, 2.05) is 7.05 Å². The number of hydrogen-bond donors (Lipinski definition) is 1. The third-order valence-corrected chi connectivity index (χ3v) is 4.23. The Kier molecular flexibility index (Phi) is 5.37. The Morgan fingerprint density at radius 3 is 2.33 bits per heavy atom. The highest BCUT2D eigenvalue weighted by Gasteiger charge is 2.19. The monoisotopic (exact) mass is 289 g/mol. The predicted octanol–water partition coefficient (Wildman–Crippen LogP) is 3.31. The summed E-state index contributed by atoms with van der Waals surface area (Å²) in [7, 11) is 1.82. The first-order valence-electron chi connectivity index (χ1n) is 7.62. The van der Waals surface area contributed by atoms with Gasteiger partial charge in [-0.15, -0.1) is 0 Å². The molecule has 0 radical (unpaired) electrons. The maximum Gasteiger partial charge on any atom is 0.335 e. The van der Waals surface area contributed by atoms with E-state index in [1.54, 1.807) is 29.2 Å². The summed E-state index contributed by atoms with van der Waals surface area (Å²) in [5, 5.41) is 8.86. The van der Waals surface area contributed by atoms with E-state index < -0.39 is 5.97 Å². The lowest BCUT2D eigenvalue weighted by Gasteiger charge is -2.24. The van der Waals surface area contributed by atoms with Gasteiger partial charge < -0.3 is 10.0 Å². The van der Waals surface area contributed by atoms with Crippen LogP contribution >= 0.6 is 0 Å². The Morgan fingerprint density at radius 2 is 1.76 bits per heavy atom. The number of hydrogen-bond acceptors (Lipinski definition) is 2. The lowest BCUT2D eigenvalue weighted by Crippen LogP contribution is -2.28. The van der Waals surface area contributed by atoms with E-state index in [-0.39, 0.29) is 11.5 Å². The molecule has 0 spiro atoms. The lowest BCUT2D eigenvalue weighted by atomic mass is 9.86. The van der Waals surface area contributed by atoms with Crippen molar-refractivity contribution >= 4 is 11.9 Å². The molecule has 1 saturated carbocycles. The zero-order valence-corrected chi connectivity index (χ0v) is 12.5. The Balaban J connectivity index is 1.86. The molecule has 21 heavy (non-hydrogen) atoms. The van der Waals surface area contributed by atoms with Gasteiger partial charge in [0.15, 0.2) is 0 Å². The average Bonchev–Trinajstić information content (AvgIpc) is 2.48. The van der Waals surface area contributed by atoms with Crippen LogP contribution in [0.15, 0.2) is 24.3 Å². The first-order chi connectivity index (χ1) is 10.1. The maximum absolute atomic E-state index is 12.2. The molecule has 0 atom stereocenters. The van der Waals surface area contributed by atoms with Gasteiger partial charge in [0.05, 0.1) is 5.56 Å². The summed E-state index contributed by atoms with van der Waals surface area (Å²) in [6.45, 7) is 0.533. The Bertz CT molecular complexity index is 489. The molecule has 0 aliphatic heterocycles. The van der Waals surface area contributed by atoms with Crippen LogP contribution in [0.2, 0.25) is 0 Å². The zero-order chi connectivity index (χ0) is 15.2. The van der Waals surface area contributed by atoms with Crippen LogP contribution in [0.1, 0.15) is 54.4 Å². The minimum Gasteiger partial charge on any atom is -0.478 e. The summed E-state index contributed by atoms with van der Waals surface area (Å²) in [4.78, 5) is 24.8. The number of carboxylic acids is 1. The second-order valence-corrected chi connectivity index (χ2v) is 5.96. The highest BCUT2D eigenvalue weighted by Crippen LogP contribution is 2.26. The number of amides is 1. The van der Waals surface area contributed by atoms with Gasteiger partial charge in [0.2, 0.25) is 5.91 Å². The highest BCUT2D eigenvalue weighted by molar-refractivity contribution is 5.87. The van der Waals surface area contributed by atoms with Gasteiger partial charge >= 0.3 is 5.97 Å². The summed E-state index contributed by atoms with van der Waals surface area (Å²) >= 11 is 0. The van der Waals surface area contributed by atoms with Gasteiger partial charge in [-0.1, -0.05) is 31.4 Å². The van der Waals surface area contributed by atoms with E-state index in [4.69, 9.17) is 5.11 Å². The van der Waals surface area contributed by atoms with E-state index >= 15 is 0 Å². The van der Waals surface area contributed by atoms with Crippen LogP contribution in [0, 0.1) is 5.92 Å². The fourth-order valence-electron chi connectivity index (χ4n) is 2.91. The van der Waals surface area contributed by atoms with E-state index in [0.29, 0.717) is 18.9 Å². The van der Waals surface area contributed by atoms with Gasteiger partial charge in [0, 0.05) is 20.0 Å². The second-order valence-electron chi connectivity index (χ2n) is 5.96. The SMILES string of the molecule is CN(Cc1ccc(C(=O)O)cc1)C(=O)CC1CCCCC1. The van der Waals surface area contributed by atoms with Crippen molar-refractivity contribution in [2.45, 2.75) is 45.1 Å². The number of carbonyl (C=O) groups excluding carboxylic acids is 1. The third-order valence-electron chi connectivity index (χ3n) is 4.23. The smallest absolute Gasteiger partial charge is 0.335 e. The fourth-order valence-corrected chi connectivity index (χ4v) is 2.91. The molecule has 0 unspecified atom stereocenters. The van der Waals surface area contributed by atoms with Gasteiger partial charge in [-0.3, -0.25) is 4.79 Å². The second kappa shape index (κ2) is 7.25. The maximum atomic E-state index is 12.2. The van der Waals surface area contributed by atoms with Crippen LogP contribution < -0.4 is 0 Å². The number of carboxylic acid groups (broad SMARTS) is 1. The number of rotatable bonds is 5. The predicted molar refractivity (Wildman–Crippen MR) is 81.1 cm³/mol. The number of nitrogens with zero attached hydrogens (tertiary/aromatic N) is 1. The summed E-state index contributed by atoms with van der Waals surface area (Å²) in [5.41, 5.74) is 1.23. The molecule has 1 aromatic carbocycles. The Morgan fingerprint density at radius 1 is 1.14 bits per heavy atom. The van der Waals surface area contributed by atoms with E-state index in [0.717, 1.165) is 5.56 Å². The quantitative estimate of drug-likeness (QED) is 0.904. The van der Waals surface area contributed by atoms with Crippen molar-refractivity contribution in [1.82, 2.24) is 4.90 Å². The highest BCUT2D eigenvalue weighted by atomic mass is 16.4. The number of aromatic carboxylic acids is 1. The Labute approximate surface area is 125 Å². The summed E-state index contributed by atoms with van der Waals surface area (Å²) in [6, 6.07) is 6.70. The first kappa shape index (κ1) is 15.5. The average molecular weight is 289 g/mol. The molecule has 0 bridgehead atoms. The standard InChI is InChI=1S/C17H23NO3/c1-18(16(19)11-13-5-3-2-4-6-13)12-14-7-9-15(10-8-14)17(20)21/h7-10,13H,2-6,11-12H2,1H3,(H,20,21). The van der Waals surface area contributed by atoms with Gasteiger partial charge in [-0.05, 0) is 36.5 Å². The summed E-state index contributed by atoms with van der Waals surface area (Å²) < 4.78 is 0. The summed E-state index contributed by atoms with van der Waals surface area (Å²) in [6.07, 6.45) is 6.79. The molecule has 4 heteroatoms. The van der Waals surface area contributed by atoms with Gasteiger partial charge in [-0.2, -0.15) is 0 Å². The van der Waals surface area contributed by atoms with Crippen LogP contribution in [0.4, 0.5) is 0 Å². The topological polar surface area (TPSA) is 57.6 Å².